The quantitative estimate of drug-likeness (QED) is 0.185. The number of hydrogen-bond donors (Lipinski definition) is 0. The largest absolute Gasteiger partial charge is 0.463 e. The highest BCUT2D eigenvalue weighted by Crippen LogP contribution is 2.58. The van der Waals surface area contributed by atoms with E-state index in [1.165, 1.54) is 36.4 Å². The number of rotatable bonds is 11. The summed E-state index contributed by atoms with van der Waals surface area (Å²) >= 11 is 4.05. The van der Waals surface area contributed by atoms with Crippen molar-refractivity contribution in [1.29, 1.82) is 0 Å². The van der Waals surface area contributed by atoms with Crippen LogP contribution in [-0.4, -0.2) is 43.8 Å². The minimum atomic E-state index is -7.16. The molecule has 1 heterocycles. The second-order valence-electron chi connectivity index (χ2n) is 9.61. The van der Waals surface area contributed by atoms with E-state index in [1.807, 2.05) is 0 Å². The van der Waals surface area contributed by atoms with Crippen LogP contribution in [-0.2, 0) is 19.3 Å². The van der Waals surface area contributed by atoms with Crippen molar-refractivity contribution < 1.29 is 53.0 Å². The molecule has 0 unspecified atom stereocenters. The summed E-state index contributed by atoms with van der Waals surface area (Å²) in [6, 6.07) is 14.5. The molecule has 3 rings (SSSR count). The Morgan fingerprint density at radius 2 is 1.46 bits per heavy atom. The summed E-state index contributed by atoms with van der Waals surface area (Å²) in [7, 11) is -6.88. The van der Waals surface area contributed by atoms with Crippen molar-refractivity contribution in [3.05, 3.63) is 82.8 Å². The lowest BCUT2D eigenvalue weighted by atomic mass is 9.97. The van der Waals surface area contributed by atoms with Crippen LogP contribution >= 0.6 is 11.6 Å². The molecule has 14 heteroatoms. The van der Waals surface area contributed by atoms with E-state index in [1.54, 1.807) is 44.2 Å². The third kappa shape index (κ3) is 6.41. The minimum Gasteiger partial charge on any atom is -0.463 e. The molecule has 0 saturated carbocycles. The van der Waals surface area contributed by atoms with Crippen molar-refractivity contribution in [2.45, 2.75) is 49.0 Å². The summed E-state index contributed by atoms with van der Waals surface area (Å²) in [4.78, 5) is -1.52. The Morgan fingerprint density at radius 1 is 0.927 bits per heavy atom. The second-order valence-corrected chi connectivity index (χ2v) is 12.0. The summed E-state index contributed by atoms with van der Waals surface area (Å²) in [6.45, 7) is 3.61. The number of ether oxygens (including phenoxy) is 2. The average molecular weight is 633 g/mol. The van der Waals surface area contributed by atoms with Gasteiger partial charge in [-0.3, -0.25) is 0 Å². The van der Waals surface area contributed by atoms with Gasteiger partial charge in [-0.05, 0) is 23.1 Å². The van der Waals surface area contributed by atoms with Crippen molar-refractivity contribution in [1.82, 2.24) is 0 Å². The van der Waals surface area contributed by atoms with Crippen molar-refractivity contribution in [2.75, 3.05) is 6.61 Å². The smallest absolute Gasteiger partial charge is 0.417 e. The Morgan fingerprint density at radius 3 is 1.98 bits per heavy atom. The van der Waals surface area contributed by atoms with Crippen LogP contribution in [0, 0.1) is 11.8 Å². The Bertz CT molecular complexity index is 1360. The van der Waals surface area contributed by atoms with E-state index in [0.29, 0.717) is 5.56 Å². The fourth-order valence-electron chi connectivity index (χ4n) is 3.87. The van der Waals surface area contributed by atoms with Gasteiger partial charge in [-0.25, -0.2) is 8.42 Å². The average Bonchev–Trinajstić information content (AvgIpc) is 2.90. The first-order valence-corrected chi connectivity index (χ1v) is 14.0. The third-order valence-electron chi connectivity index (χ3n) is 5.97. The van der Waals surface area contributed by atoms with Crippen LogP contribution in [0.3, 0.4) is 0 Å². The number of alkyl halides is 9. The van der Waals surface area contributed by atoms with Gasteiger partial charge in [0.25, 0.3) is 9.84 Å². The fraction of sp³-hybridized carbons (Fsp3) is 0.407. The van der Waals surface area contributed by atoms with Gasteiger partial charge in [0.15, 0.2) is 0 Å². The zero-order chi connectivity index (χ0) is 30.9. The molecule has 0 bridgehead atoms. The highest BCUT2D eigenvalue weighted by molar-refractivity contribution is 7.96. The number of hydrogen-bond acceptors (Lipinski definition) is 4. The Balaban J connectivity index is 2.30. The van der Waals surface area contributed by atoms with Gasteiger partial charge >= 0.3 is 22.5 Å². The number of halogens is 9. The number of benzene rings is 2. The standard InChI is InChI=1S/C27H25ClF8O4S/c1-17(2)16-39-21-15-20(14-13-18-9-5-3-6-10-18)23(22(40-21)19-11-7-4-8-12-19)41(37,38)27(35,36)25(31,32)24(29,30)26(28,33)34/h3-14,17,20-21H,15-16H2,1-2H3/b14-13+/t20-,21-/m0/s1. The molecular weight excluding hydrogens is 608 g/mol. The number of sulfone groups is 1. The molecule has 0 fully saturated rings. The zero-order valence-electron chi connectivity index (χ0n) is 21.5. The van der Waals surface area contributed by atoms with E-state index in [9.17, 15) is 34.8 Å². The van der Waals surface area contributed by atoms with Crippen molar-refractivity contribution in [2.24, 2.45) is 11.8 Å². The van der Waals surface area contributed by atoms with Gasteiger partial charge in [-0.2, -0.15) is 35.1 Å². The maximum Gasteiger partial charge on any atom is 0.417 e. The Kier molecular flexibility index (Phi) is 9.56. The second kappa shape index (κ2) is 11.9. The normalized spacial score (nSPS) is 19.6. The summed E-state index contributed by atoms with van der Waals surface area (Å²) < 4.78 is 152. The molecule has 226 valence electrons. The third-order valence-corrected chi connectivity index (χ3v) is 8.21. The first-order chi connectivity index (χ1) is 18.8. The molecule has 0 spiro atoms. The highest BCUT2D eigenvalue weighted by Gasteiger charge is 2.84. The molecule has 0 N–H and O–H groups in total. The molecule has 2 atom stereocenters. The molecule has 2 aromatic carbocycles. The van der Waals surface area contributed by atoms with E-state index in [0.717, 1.165) is 6.08 Å². The van der Waals surface area contributed by atoms with Crippen LogP contribution in [0.1, 0.15) is 31.4 Å². The molecule has 2 aromatic rings. The van der Waals surface area contributed by atoms with E-state index in [4.69, 9.17) is 9.47 Å². The summed E-state index contributed by atoms with van der Waals surface area (Å²) in [5, 5.41) is -13.0. The number of allylic oxidation sites excluding steroid dienone is 2. The van der Waals surface area contributed by atoms with Gasteiger partial charge in [0.2, 0.25) is 6.29 Å². The predicted octanol–water partition coefficient (Wildman–Crippen LogP) is 8.21. The molecule has 0 amide bonds. The van der Waals surface area contributed by atoms with Crippen LogP contribution in [0.15, 0.2) is 71.6 Å². The highest BCUT2D eigenvalue weighted by atomic mass is 35.5. The minimum absolute atomic E-state index is 0.0614. The lowest BCUT2D eigenvalue weighted by Gasteiger charge is -2.37. The first kappa shape index (κ1) is 32.9. The summed E-state index contributed by atoms with van der Waals surface area (Å²) in [5.74, 6) is -16.8. The molecular formula is C27H25ClF8O4S. The molecule has 0 aliphatic carbocycles. The van der Waals surface area contributed by atoms with Crippen LogP contribution in [0.25, 0.3) is 11.8 Å². The van der Waals surface area contributed by atoms with Crippen molar-refractivity contribution >= 4 is 33.3 Å². The van der Waals surface area contributed by atoms with E-state index in [-0.39, 0.29) is 18.1 Å². The monoisotopic (exact) mass is 632 g/mol. The van der Waals surface area contributed by atoms with Gasteiger partial charge in [0.05, 0.1) is 6.61 Å². The van der Waals surface area contributed by atoms with Crippen LogP contribution < -0.4 is 0 Å². The van der Waals surface area contributed by atoms with Crippen molar-refractivity contribution in [3.63, 3.8) is 0 Å². The molecule has 0 saturated heterocycles. The predicted molar refractivity (Wildman–Crippen MR) is 137 cm³/mol. The van der Waals surface area contributed by atoms with Gasteiger partial charge in [-0.15, -0.1) is 0 Å². The first-order valence-electron chi connectivity index (χ1n) is 12.1. The van der Waals surface area contributed by atoms with E-state index in [2.05, 4.69) is 11.6 Å². The van der Waals surface area contributed by atoms with Gasteiger partial charge in [0, 0.05) is 17.9 Å². The van der Waals surface area contributed by atoms with Crippen LogP contribution in [0.2, 0.25) is 0 Å². The van der Waals surface area contributed by atoms with Crippen LogP contribution in [0.5, 0.6) is 0 Å². The topological polar surface area (TPSA) is 52.6 Å². The van der Waals surface area contributed by atoms with Gasteiger partial charge in [0.1, 0.15) is 10.7 Å². The molecule has 4 nitrogen and oxygen atoms in total. The molecule has 41 heavy (non-hydrogen) atoms. The van der Waals surface area contributed by atoms with Gasteiger partial charge < -0.3 is 9.47 Å². The summed E-state index contributed by atoms with van der Waals surface area (Å²) in [6.07, 6.45) is 0.581. The maximum absolute atomic E-state index is 15.2. The van der Waals surface area contributed by atoms with E-state index < -0.39 is 61.6 Å². The lowest BCUT2D eigenvalue weighted by Crippen LogP contribution is -2.63. The van der Waals surface area contributed by atoms with E-state index >= 15 is 8.78 Å². The summed E-state index contributed by atoms with van der Waals surface area (Å²) in [5.41, 5.74) is 0.248. The Hall–Kier alpha value is -2.64. The zero-order valence-corrected chi connectivity index (χ0v) is 23.1. The maximum atomic E-state index is 15.2. The molecule has 1 aliphatic heterocycles. The fourth-order valence-corrected chi connectivity index (χ4v) is 5.71. The Labute approximate surface area is 236 Å². The molecule has 0 radical (unpaired) electrons. The molecule has 0 aromatic heterocycles. The SMILES string of the molecule is CC(C)CO[C@@H]1C[C@H](/C=C/c2ccccc2)C(S(=O)(=O)C(F)(F)C(F)(F)C(F)(F)C(F)(F)Cl)=C(c2ccccc2)O1. The van der Waals surface area contributed by atoms with Crippen molar-refractivity contribution in [3.8, 4) is 0 Å². The van der Waals surface area contributed by atoms with Gasteiger partial charge in [-0.1, -0.05) is 86.7 Å². The molecule has 1 aliphatic rings. The lowest BCUT2D eigenvalue weighted by molar-refractivity contribution is -0.326. The van der Waals surface area contributed by atoms with Crippen LogP contribution in [0.4, 0.5) is 35.1 Å².